The summed E-state index contributed by atoms with van der Waals surface area (Å²) in [6, 6.07) is 9.53. The van der Waals surface area contributed by atoms with Gasteiger partial charge >= 0.3 is 17.9 Å². The first kappa shape index (κ1) is 19.9. The number of hydrogen-bond acceptors (Lipinski definition) is 8. The molecule has 0 N–H and O–H groups in total. The van der Waals surface area contributed by atoms with Gasteiger partial charge in [0, 0.05) is 20.8 Å². The van der Waals surface area contributed by atoms with E-state index in [4.69, 9.17) is 19.0 Å². The van der Waals surface area contributed by atoms with Crippen LogP contribution in [-0.2, 0) is 40.0 Å². The molecule has 0 amide bonds. The van der Waals surface area contributed by atoms with Gasteiger partial charge in [0.05, 0.1) is 19.7 Å². The van der Waals surface area contributed by atoms with Gasteiger partial charge in [0.15, 0.2) is 18.3 Å². The van der Waals surface area contributed by atoms with E-state index in [2.05, 4.69) is 0 Å². The minimum absolute atomic E-state index is 0.183. The number of esters is 3. The number of ether oxygens (including phenoxy) is 3. The molecule has 0 saturated carbocycles. The van der Waals surface area contributed by atoms with Gasteiger partial charge in [0.1, 0.15) is 0 Å². The molecule has 1 heterocycles. The van der Waals surface area contributed by atoms with Crippen molar-refractivity contribution in [2.45, 2.75) is 45.7 Å². The van der Waals surface area contributed by atoms with Crippen molar-refractivity contribution < 1.29 is 33.4 Å². The average Bonchev–Trinajstić information content (AvgIpc) is 2.55. The van der Waals surface area contributed by atoms with Gasteiger partial charge in [-0.15, -0.1) is 0 Å². The van der Waals surface area contributed by atoms with Gasteiger partial charge in [0.25, 0.3) is 0 Å². The van der Waals surface area contributed by atoms with Crippen molar-refractivity contribution in [1.29, 1.82) is 0 Å². The topological polar surface area (TPSA) is 91.4 Å². The zero-order chi connectivity index (χ0) is 19.1. The Bertz CT molecular complexity index is 608. The van der Waals surface area contributed by atoms with E-state index in [1.165, 1.54) is 20.8 Å². The highest BCUT2D eigenvalue weighted by molar-refractivity contribution is 5.68. The molecule has 1 aliphatic heterocycles. The van der Waals surface area contributed by atoms with Gasteiger partial charge in [-0.3, -0.25) is 19.2 Å². The van der Waals surface area contributed by atoms with Crippen LogP contribution in [0.4, 0.5) is 0 Å². The van der Waals surface area contributed by atoms with Crippen LogP contribution in [0.3, 0.4) is 0 Å². The number of rotatable bonds is 6. The van der Waals surface area contributed by atoms with Crippen LogP contribution in [0, 0.1) is 0 Å². The smallest absolute Gasteiger partial charge is 0.303 e. The molecular formula is C18H23NO7. The van der Waals surface area contributed by atoms with Crippen LogP contribution in [0.5, 0.6) is 0 Å². The van der Waals surface area contributed by atoms with E-state index < -0.39 is 36.2 Å². The first-order chi connectivity index (χ1) is 12.3. The van der Waals surface area contributed by atoms with Crippen LogP contribution in [0.1, 0.15) is 26.3 Å². The maximum absolute atomic E-state index is 11.4. The number of hydroxylamine groups is 2. The standard InChI is InChI=1S/C18H23NO7/c1-12(20)24-16-9-19(23-11-15-7-5-4-6-8-15)10-17(25-13(2)21)18(16)26-14(3)22/h4-8,16-18H,9-11H2,1-3H3/t16-,17+,18?. The van der Waals surface area contributed by atoms with Gasteiger partial charge in [-0.1, -0.05) is 30.3 Å². The van der Waals surface area contributed by atoms with Crippen LogP contribution in [0.2, 0.25) is 0 Å². The molecule has 3 atom stereocenters. The Hall–Kier alpha value is -2.45. The van der Waals surface area contributed by atoms with Crippen LogP contribution in [-0.4, -0.2) is 54.4 Å². The zero-order valence-corrected chi connectivity index (χ0v) is 15.0. The highest BCUT2D eigenvalue weighted by atomic mass is 16.7. The number of nitrogens with zero attached hydrogens (tertiary/aromatic N) is 1. The third-order valence-electron chi connectivity index (χ3n) is 3.69. The van der Waals surface area contributed by atoms with E-state index in [0.29, 0.717) is 6.61 Å². The minimum atomic E-state index is -0.892. The lowest BCUT2D eigenvalue weighted by Crippen LogP contribution is -2.59. The van der Waals surface area contributed by atoms with Crippen molar-refractivity contribution in [3.8, 4) is 0 Å². The number of benzene rings is 1. The van der Waals surface area contributed by atoms with Gasteiger partial charge in [0.2, 0.25) is 0 Å². The molecule has 0 aliphatic carbocycles. The van der Waals surface area contributed by atoms with Crippen LogP contribution < -0.4 is 0 Å². The molecule has 1 fully saturated rings. The largest absolute Gasteiger partial charge is 0.457 e. The molecule has 26 heavy (non-hydrogen) atoms. The average molecular weight is 365 g/mol. The quantitative estimate of drug-likeness (QED) is 0.549. The summed E-state index contributed by atoms with van der Waals surface area (Å²) >= 11 is 0. The van der Waals surface area contributed by atoms with Crippen LogP contribution in [0.25, 0.3) is 0 Å². The molecule has 2 rings (SSSR count). The van der Waals surface area contributed by atoms with Crippen molar-refractivity contribution in [2.24, 2.45) is 0 Å². The minimum Gasteiger partial charge on any atom is -0.457 e. The monoisotopic (exact) mass is 365 g/mol. The van der Waals surface area contributed by atoms with E-state index >= 15 is 0 Å². The molecule has 0 aromatic heterocycles. The second-order valence-corrected chi connectivity index (χ2v) is 5.98. The van der Waals surface area contributed by atoms with Crippen molar-refractivity contribution >= 4 is 17.9 Å². The number of piperidine rings is 1. The molecule has 1 aromatic rings. The summed E-state index contributed by atoms with van der Waals surface area (Å²) in [6.07, 6.45) is -2.52. The van der Waals surface area contributed by atoms with Gasteiger partial charge in [-0.25, -0.2) is 0 Å². The van der Waals surface area contributed by atoms with Gasteiger partial charge in [-0.05, 0) is 5.56 Å². The molecule has 1 unspecified atom stereocenters. The number of carbonyl (C=O) groups is 3. The Balaban J connectivity index is 2.11. The Morgan fingerprint density at radius 3 is 1.85 bits per heavy atom. The lowest BCUT2D eigenvalue weighted by molar-refractivity contribution is -0.251. The highest BCUT2D eigenvalue weighted by Gasteiger charge is 2.43. The Kier molecular flexibility index (Phi) is 7.11. The third kappa shape index (κ3) is 6.12. The third-order valence-corrected chi connectivity index (χ3v) is 3.69. The van der Waals surface area contributed by atoms with Crippen LogP contribution in [0.15, 0.2) is 30.3 Å². The molecule has 1 aliphatic rings. The maximum Gasteiger partial charge on any atom is 0.303 e. The lowest BCUT2D eigenvalue weighted by atomic mass is 10.0. The highest BCUT2D eigenvalue weighted by Crippen LogP contribution is 2.22. The maximum atomic E-state index is 11.4. The summed E-state index contributed by atoms with van der Waals surface area (Å²) in [7, 11) is 0. The first-order valence-corrected chi connectivity index (χ1v) is 8.28. The normalized spacial score (nSPS) is 23.1. The fraction of sp³-hybridized carbons (Fsp3) is 0.500. The summed E-state index contributed by atoms with van der Waals surface area (Å²) in [5, 5.41) is 1.55. The number of carbonyl (C=O) groups excluding carboxylic acids is 3. The molecule has 1 saturated heterocycles. The van der Waals surface area contributed by atoms with Crippen LogP contribution >= 0.6 is 0 Å². The molecule has 1 aromatic carbocycles. The SMILES string of the molecule is CC(=O)OC1[C@@H](OC(C)=O)CN(OCc2ccccc2)C[C@H]1OC(C)=O. The summed E-state index contributed by atoms with van der Waals surface area (Å²) < 4.78 is 15.8. The van der Waals surface area contributed by atoms with E-state index in [1.54, 1.807) is 5.06 Å². The molecule has 0 bridgehead atoms. The van der Waals surface area contributed by atoms with E-state index in [1.807, 2.05) is 30.3 Å². The van der Waals surface area contributed by atoms with E-state index in [0.717, 1.165) is 5.56 Å². The molecule has 0 radical (unpaired) electrons. The molecule has 142 valence electrons. The van der Waals surface area contributed by atoms with Crippen molar-refractivity contribution in [2.75, 3.05) is 13.1 Å². The summed E-state index contributed by atoms with van der Waals surface area (Å²) in [6.45, 7) is 4.43. The Morgan fingerprint density at radius 1 is 0.885 bits per heavy atom. The molecule has 8 nitrogen and oxygen atoms in total. The van der Waals surface area contributed by atoms with Crippen molar-refractivity contribution in [3.63, 3.8) is 0 Å². The molecule has 8 heteroatoms. The summed E-state index contributed by atoms with van der Waals surface area (Å²) in [5.74, 6) is -1.61. The predicted octanol–water partition coefficient (Wildman–Crippen LogP) is 1.23. The second-order valence-electron chi connectivity index (χ2n) is 5.98. The zero-order valence-electron chi connectivity index (χ0n) is 15.0. The van der Waals surface area contributed by atoms with Gasteiger partial charge in [-0.2, -0.15) is 5.06 Å². The van der Waals surface area contributed by atoms with Gasteiger partial charge < -0.3 is 14.2 Å². The predicted molar refractivity (Wildman–Crippen MR) is 89.5 cm³/mol. The van der Waals surface area contributed by atoms with E-state index in [9.17, 15) is 14.4 Å². The number of hydrogen-bond donors (Lipinski definition) is 0. The van der Waals surface area contributed by atoms with Crippen molar-refractivity contribution in [3.05, 3.63) is 35.9 Å². The first-order valence-electron chi connectivity index (χ1n) is 8.28. The Morgan fingerprint density at radius 2 is 1.38 bits per heavy atom. The van der Waals surface area contributed by atoms with E-state index in [-0.39, 0.29) is 13.1 Å². The summed E-state index contributed by atoms with van der Waals surface area (Å²) in [4.78, 5) is 40.0. The molecular weight excluding hydrogens is 342 g/mol. The Labute approximate surface area is 151 Å². The van der Waals surface area contributed by atoms with Crippen molar-refractivity contribution in [1.82, 2.24) is 5.06 Å². The summed E-state index contributed by atoms with van der Waals surface area (Å²) in [5.41, 5.74) is 0.961. The molecule has 0 spiro atoms. The lowest BCUT2D eigenvalue weighted by Gasteiger charge is -2.40. The fourth-order valence-electron chi connectivity index (χ4n) is 2.75. The second kappa shape index (κ2) is 9.30. The fourth-order valence-corrected chi connectivity index (χ4v) is 2.75.